The number of pyridine rings is 1. The van der Waals surface area contributed by atoms with Gasteiger partial charge in [0.25, 0.3) is 0 Å². The molecule has 0 saturated carbocycles. The first-order valence-corrected chi connectivity index (χ1v) is 1.98. The van der Waals surface area contributed by atoms with Crippen LogP contribution in [0.5, 0.6) is 0 Å². The third kappa shape index (κ3) is 0.892. The van der Waals surface area contributed by atoms with Crippen LogP contribution in [0.3, 0.4) is 0 Å². The van der Waals surface area contributed by atoms with Crippen molar-refractivity contribution in [2.45, 2.75) is 0 Å². The molecule has 0 aliphatic carbocycles. The van der Waals surface area contributed by atoms with Crippen molar-refractivity contribution >= 4 is 5.69 Å². The van der Waals surface area contributed by atoms with E-state index >= 15 is 0 Å². The van der Waals surface area contributed by atoms with Crippen molar-refractivity contribution < 1.29 is 2.82 Å². The Balaban J connectivity index is 2.85. The molecule has 0 fully saturated rings. The van der Waals surface area contributed by atoms with Gasteiger partial charge in [-0.05, 0) is 12.1 Å². The molecule has 2 N–H and O–H groups in total. The lowest BCUT2D eigenvalue weighted by Gasteiger charge is -1.83. The smallest absolute Gasteiger partial charge is 0.156 e. The highest BCUT2D eigenvalue weighted by Gasteiger charge is 1.73. The highest BCUT2D eigenvalue weighted by atomic mass is 14.6. The summed E-state index contributed by atoms with van der Waals surface area (Å²) in [5.74, 6) is 0. The molecule has 1 rings (SSSR count). The maximum atomic E-state index is 6.79. The van der Waals surface area contributed by atoms with Crippen molar-refractivity contribution in [3.63, 3.8) is 0 Å². The second-order valence-electron chi connectivity index (χ2n) is 1.21. The summed E-state index contributed by atoms with van der Waals surface area (Å²) in [5.41, 5.74) is 1.06. The van der Waals surface area contributed by atoms with Gasteiger partial charge in [0.1, 0.15) is 0 Å². The second-order valence-corrected chi connectivity index (χ2v) is 1.21. The standard InChI is InChI=1S/C5H6N2/c6-5-1-3-7-4-2-5/h1-4H,(H2,6,7)/i/hD2. The average Bonchev–Trinajstić information content (AvgIpc) is 1.90. The van der Waals surface area contributed by atoms with E-state index in [1.807, 2.05) is 0 Å². The zero-order chi connectivity index (χ0) is 6.69. The van der Waals surface area contributed by atoms with Crippen molar-refractivity contribution in [3.05, 3.63) is 24.5 Å². The normalized spacial score (nSPS) is 12.0. The van der Waals surface area contributed by atoms with Crippen LogP contribution in [0.25, 0.3) is 0 Å². The van der Waals surface area contributed by atoms with Crippen LogP contribution in [-0.4, -0.2) is 4.98 Å². The summed E-state index contributed by atoms with van der Waals surface area (Å²) < 4.78 is 13.6. The lowest BCUT2D eigenvalue weighted by atomic mass is 10.4. The molecule has 0 unspecified atom stereocenters. The van der Waals surface area contributed by atoms with Crippen LogP contribution in [0.4, 0.5) is 5.69 Å². The van der Waals surface area contributed by atoms with Gasteiger partial charge in [-0.1, -0.05) is 0 Å². The van der Waals surface area contributed by atoms with Gasteiger partial charge < -0.3 is 5.72 Å². The Morgan fingerprint density at radius 2 is 2.29 bits per heavy atom. The molecular formula is C5H6N2. The van der Waals surface area contributed by atoms with Crippen molar-refractivity contribution in [3.8, 4) is 0 Å². The minimum absolute atomic E-state index is 0.519. The van der Waals surface area contributed by atoms with Gasteiger partial charge >= 0.3 is 0 Å². The summed E-state index contributed by atoms with van der Waals surface area (Å²) in [5, 5.41) is 0. The van der Waals surface area contributed by atoms with Crippen LogP contribution < -0.4 is 5.72 Å². The molecule has 0 aliphatic heterocycles. The molecule has 0 atom stereocenters. The summed E-state index contributed by atoms with van der Waals surface area (Å²) in [6.07, 6.45) is 3.09. The average molecular weight is 96.1 g/mol. The third-order valence-corrected chi connectivity index (χ3v) is 0.663. The fraction of sp³-hybridized carbons (Fsp3) is 0. The predicted molar refractivity (Wildman–Crippen MR) is 28.6 cm³/mol. The highest BCUT2D eigenvalue weighted by molar-refractivity contribution is 5.33. The van der Waals surface area contributed by atoms with Crippen LogP contribution in [0.2, 0.25) is 2.82 Å². The first kappa shape index (κ1) is 2.31. The minimum atomic E-state index is 0.519. The molecule has 0 aromatic carbocycles. The van der Waals surface area contributed by atoms with Gasteiger partial charge in [0, 0.05) is 18.1 Å². The molecule has 7 heavy (non-hydrogen) atoms. The Hall–Kier alpha value is -1.05. The van der Waals surface area contributed by atoms with E-state index in [-0.39, 0.29) is 0 Å². The fourth-order valence-corrected chi connectivity index (χ4v) is 0.344. The van der Waals surface area contributed by atoms with Crippen molar-refractivity contribution in [2.24, 2.45) is 0 Å². The SMILES string of the molecule is [2H]N([2H])c1ccncc1. The number of anilines is 1. The maximum absolute atomic E-state index is 6.79. The number of nitrogens with zero attached hydrogens (tertiary/aromatic N) is 1. The van der Waals surface area contributed by atoms with Crippen LogP contribution in [0.15, 0.2) is 24.5 Å². The molecule has 2 heteroatoms. The fourth-order valence-electron chi connectivity index (χ4n) is 0.344. The Labute approximate surface area is 44.9 Å². The zero-order valence-corrected chi connectivity index (χ0v) is 3.70. The molecule has 0 amide bonds. The minimum Gasteiger partial charge on any atom is -0.399 e. The van der Waals surface area contributed by atoms with Crippen LogP contribution in [0.1, 0.15) is 0 Å². The van der Waals surface area contributed by atoms with E-state index in [1.165, 1.54) is 0 Å². The summed E-state index contributed by atoms with van der Waals surface area (Å²) in [4.78, 5) is 3.73. The molecule has 0 aliphatic rings. The Kier molecular flexibility index (Phi) is 0.527. The molecular weight excluding hydrogens is 88.1 g/mol. The van der Waals surface area contributed by atoms with Crippen LogP contribution >= 0.6 is 0 Å². The lowest BCUT2D eigenvalue weighted by Crippen LogP contribution is -1.81. The number of nitrogen functional groups attached to an aromatic ring is 1. The largest absolute Gasteiger partial charge is 0.399 e. The van der Waals surface area contributed by atoms with Crippen LogP contribution in [0, 0.1) is 0 Å². The van der Waals surface area contributed by atoms with E-state index in [2.05, 4.69) is 4.98 Å². The summed E-state index contributed by atoms with van der Waals surface area (Å²) in [7, 11) is 0. The van der Waals surface area contributed by atoms with Gasteiger partial charge in [0.05, 0.1) is 0 Å². The molecule has 2 nitrogen and oxygen atoms in total. The molecule has 0 saturated heterocycles. The number of rotatable bonds is 1. The van der Waals surface area contributed by atoms with Gasteiger partial charge in [0.15, 0.2) is 2.82 Å². The first-order valence-electron chi connectivity index (χ1n) is 2.88. The number of aromatic nitrogens is 1. The third-order valence-electron chi connectivity index (χ3n) is 0.663. The Morgan fingerprint density at radius 1 is 1.57 bits per heavy atom. The predicted octanol–water partition coefficient (Wildman–Crippen LogP) is 0.664. The van der Waals surface area contributed by atoms with E-state index in [1.54, 1.807) is 24.5 Å². The molecule has 1 aromatic rings. The summed E-state index contributed by atoms with van der Waals surface area (Å²) in [6, 6.07) is 3.19. The maximum Gasteiger partial charge on any atom is 0.156 e. The number of nitrogens with two attached hydrogens (primary N) is 1. The quantitative estimate of drug-likeness (QED) is 0.558. The number of hydrogen-bond acceptors (Lipinski definition) is 2. The van der Waals surface area contributed by atoms with Crippen molar-refractivity contribution in [1.29, 1.82) is 0 Å². The van der Waals surface area contributed by atoms with E-state index in [0.717, 1.165) is 0 Å². The zero-order valence-electron chi connectivity index (χ0n) is 5.70. The molecule has 0 radical (unpaired) electrons. The van der Waals surface area contributed by atoms with Crippen LogP contribution in [-0.2, 0) is 0 Å². The Bertz CT molecular complexity index is 176. The topological polar surface area (TPSA) is 38.9 Å². The van der Waals surface area contributed by atoms with Gasteiger partial charge in [-0.25, -0.2) is 0 Å². The molecule has 1 heterocycles. The van der Waals surface area contributed by atoms with Crippen molar-refractivity contribution in [2.75, 3.05) is 5.72 Å². The van der Waals surface area contributed by atoms with Crippen molar-refractivity contribution in [1.82, 2.24) is 4.98 Å². The Morgan fingerprint density at radius 3 is 2.71 bits per heavy atom. The second kappa shape index (κ2) is 1.60. The molecule has 0 spiro atoms. The van der Waals surface area contributed by atoms with E-state index in [9.17, 15) is 0 Å². The van der Waals surface area contributed by atoms with Gasteiger partial charge in [-0.3, -0.25) is 4.98 Å². The van der Waals surface area contributed by atoms with Gasteiger partial charge in [-0.2, -0.15) is 0 Å². The van der Waals surface area contributed by atoms with Gasteiger partial charge in [0.2, 0.25) is 0 Å². The van der Waals surface area contributed by atoms with Gasteiger partial charge in [-0.15, -0.1) is 0 Å². The van der Waals surface area contributed by atoms with E-state index in [0.29, 0.717) is 11.4 Å². The summed E-state index contributed by atoms with van der Waals surface area (Å²) >= 11 is 0. The number of hydrogen-bond donors (Lipinski definition) is 1. The monoisotopic (exact) mass is 96.1 g/mol. The van der Waals surface area contributed by atoms with E-state index in [4.69, 9.17) is 2.82 Å². The molecule has 36 valence electrons. The first-order chi connectivity index (χ1) is 4.30. The highest BCUT2D eigenvalue weighted by Crippen LogP contribution is 1.92. The lowest BCUT2D eigenvalue weighted by molar-refractivity contribution is 1.33. The molecule has 1 aromatic heterocycles. The van der Waals surface area contributed by atoms with E-state index < -0.39 is 0 Å². The molecule has 0 bridgehead atoms. The summed E-state index contributed by atoms with van der Waals surface area (Å²) in [6.45, 7) is 0.